The second-order valence-corrected chi connectivity index (χ2v) is 10.1. The zero-order valence-corrected chi connectivity index (χ0v) is 23.1. The first kappa shape index (κ1) is 28.0. The Morgan fingerprint density at radius 2 is 1.07 bits per heavy atom. The van der Waals surface area contributed by atoms with Crippen LogP contribution in [-0.4, -0.2) is 77.7 Å². The van der Waals surface area contributed by atoms with Crippen molar-refractivity contribution in [1.82, 2.24) is 29.6 Å². The molecule has 0 spiro atoms. The number of hydrazone groups is 2. The lowest BCUT2D eigenvalue weighted by Gasteiger charge is -2.20. The lowest BCUT2D eigenvalue weighted by atomic mass is 10.3. The first-order chi connectivity index (χ1) is 19.7. The van der Waals surface area contributed by atoms with Crippen molar-refractivity contribution in [2.45, 2.75) is 26.2 Å². The molecule has 15 nitrogen and oxygen atoms in total. The van der Waals surface area contributed by atoms with Crippen LogP contribution in [0.3, 0.4) is 0 Å². The molecule has 0 N–H and O–H groups in total. The molecular formula is C24H24Cl2N10O5. The number of nitrogens with zero attached hydrogens (tertiary/aromatic N) is 10. The summed E-state index contributed by atoms with van der Waals surface area (Å²) in [5, 5.41) is 29.1. The number of hydrogen-bond acceptors (Lipinski definition) is 7. The Labute approximate surface area is 243 Å². The second kappa shape index (κ2) is 12.3. The van der Waals surface area contributed by atoms with Crippen LogP contribution in [0.1, 0.15) is 22.6 Å². The summed E-state index contributed by atoms with van der Waals surface area (Å²) in [5.74, 6) is 1.58. The summed E-state index contributed by atoms with van der Waals surface area (Å²) in [6.07, 6.45) is 3.24. The third-order valence-corrected chi connectivity index (χ3v) is 6.94. The van der Waals surface area contributed by atoms with E-state index in [1.54, 1.807) is 56.3 Å². The monoisotopic (exact) mass is 602 g/mol. The Bertz CT molecular complexity index is 1360. The highest BCUT2D eigenvalue weighted by molar-refractivity contribution is 6.29. The summed E-state index contributed by atoms with van der Waals surface area (Å²) in [6, 6.07) is 10.5. The predicted octanol–water partition coefficient (Wildman–Crippen LogP) is 3.11. The van der Waals surface area contributed by atoms with Crippen LogP contribution >= 0.6 is 23.2 Å². The molecule has 2 aliphatic rings. The Balaban J connectivity index is 1.25. The van der Waals surface area contributed by atoms with Gasteiger partial charge < -0.3 is 24.0 Å². The first-order valence-electron chi connectivity index (χ1n) is 12.5. The van der Waals surface area contributed by atoms with Gasteiger partial charge in [0.25, 0.3) is 11.9 Å². The summed E-state index contributed by atoms with van der Waals surface area (Å²) < 4.78 is 6.03. The van der Waals surface area contributed by atoms with Crippen LogP contribution in [0.2, 0.25) is 10.3 Å². The Morgan fingerprint density at radius 1 is 0.683 bits per heavy atom. The summed E-state index contributed by atoms with van der Waals surface area (Å²) in [4.78, 5) is 37.8. The SMILES string of the molecule is O=[N+]([O-])/N=C1\N(Cc2ccc(Cl)nc2)CCN1Cc1ccc(CN2CCN(Cc3ccc(Cl)nc3)/C2=N\[N+](=O)[O-])o1. The summed E-state index contributed by atoms with van der Waals surface area (Å²) in [6.45, 7) is 3.33. The van der Waals surface area contributed by atoms with E-state index in [4.69, 9.17) is 27.6 Å². The lowest BCUT2D eigenvalue weighted by Crippen LogP contribution is -2.34. The molecule has 2 fully saturated rings. The third-order valence-electron chi connectivity index (χ3n) is 6.49. The van der Waals surface area contributed by atoms with Crippen LogP contribution in [-0.2, 0) is 26.2 Å². The molecule has 17 heteroatoms. The standard InChI is InChI=1S/C24H24Cl2N10O5/c25-21-5-1-17(11-27-21)13-31-7-9-33(23(31)29-35(37)38)15-19-3-4-20(41-19)16-34-10-8-32(24(34)30-36(39)40)14-18-2-6-22(26)28-12-18/h1-6,11-12H,7-10,13-16H2/b29-23+,30-24+. The zero-order chi connectivity index (χ0) is 28.9. The molecule has 214 valence electrons. The molecule has 0 unspecified atom stereocenters. The van der Waals surface area contributed by atoms with Crippen LogP contribution in [0.4, 0.5) is 0 Å². The van der Waals surface area contributed by atoms with E-state index in [1.165, 1.54) is 0 Å². The van der Waals surface area contributed by atoms with Crippen molar-refractivity contribution < 1.29 is 14.5 Å². The number of furan rings is 1. The number of rotatable bonds is 10. The van der Waals surface area contributed by atoms with Gasteiger partial charge in [-0.2, -0.15) is 0 Å². The molecule has 0 bridgehead atoms. The molecule has 0 aliphatic carbocycles. The third kappa shape index (κ3) is 7.18. The van der Waals surface area contributed by atoms with E-state index >= 15 is 0 Å². The number of pyridine rings is 2. The van der Waals surface area contributed by atoms with Crippen molar-refractivity contribution in [3.63, 3.8) is 0 Å². The van der Waals surface area contributed by atoms with E-state index in [0.29, 0.717) is 61.1 Å². The van der Waals surface area contributed by atoms with Gasteiger partial charge in [0, 0.05) is 51.7 Å². The Kier molecular flexibility index (Phi) is 8.45. The van der Waals surface area contributed by atoms with Crippen molar-refractivity contribution in [2.24, 2.45) is 10.2 Å². The lowest BCUT2D eigenvalue weighted by molar-refractivity contribution is -0.486. The number of aromatic nitrogens is 2. The molecule has 3 aromatic rings. The fourth-order valence-electron chi connectivity index (χ4n) is 4.69. The maximum atomic E-state index is 11.3. The van der Waals surface area contributed by atoms with E-state index in [0.717, 1.165) is 11.1 Å². The molecule has 41 heavy (non-hydrogen) atoms. The maximum Gasteiger partial charge on any atom is 0.274 e. The normalized spacial score (nSPS) is 17.3. The number of halogens is 2. The fraction of sp³-hybridized carbons (Fsp3) is 0.333. The largest absolute Gasteiger partial charge is 0.462 e. The fourth-order valence-corrected chi connectivity index (χ4v) is 4.91. The first-order valence-corrected chi connectivity index (χ1v) is 13.2. The van der Waals surface area contributed by atoms with Gasteiger partial charge in [-0.3, -0.25) is 0 Å². The number of hydrogen-bond donors (Lipinski definition) is 0. The molecular weight excluding hydrogens is 579 g/mol. The van der Waals surface area contributed by atoms with Crippen LogP contribution < -0.4 is 0 Å². The molecule has 0 aromatic carbocycles. The average Bonchev–Trinajstić information content (AvgIpc) is 3.63. The molecule has 2 aliphatic heterocycles. The maximum absolute atomic E-state index is 11.3. The van der Waals surface area contributed by atoms with Crippen molar-refractivity contribution in [2.75, 3.05) is 26.2 Å². The Hall–Kier alpha value is -4.50. The van der Waals surface area contributed by atoms with Gasteiger partial charge in [0.1, 0.15) is 32.0 Å². The van der Waals surface area contributed by atoms with E-state index < -0.39 is 10.1 Å². The molecule has 0 atom stereocenters. The highest BCUT2D eigenvalue weighted by atomic mass is 35.5. The number of guanidine groups is 2. The molecule has 2 saturated heterocycles. The van der Waals surface area contributed by atoms with E-state index in [2.05, 4.69) is 20.2 Å². The molecule has 5 rings (SSSR count). The number of nitro groups is 2. The van der Waals surface area contributed by atoms with Crippen molar-refractivity contribution in [3.05, 3.63) is 102 Å². The minimum Gasteiger partial charge on any atom is -0.462 e. The Morgan fingerprint density at radius 3 is 1.41 bits per heavy atom. The van der Waals surface area contributed by atoms with Crippen molar-refractivity contribution >= 4 is 35.1 Å². The van der Waals surface area contributed by atoms with Gasteiger partial charge in [-0.25, -0.2) is 30.2 Å². The van der Waals surface area contributed by atoms with Gasteiger partial charge in [0.15, 0.2) is 10.1 Å². The summed E-state index contributed by atoms with van der Waals surface area (Å²) in [7, 11) is 0. The van der Waals surface area contributed by atoms with E-state index in [9.17, 15) is 20.2 Å². The smallest absolute Gasteiger partial charge is 0.274 e. The van der Waals surface area contributed by atoms with Crippen LogP contribution in [0.5, 0.6) is 0 Å². The molecule has 5 heterocycles. The predicted molar refractivity (Wildman–Crippen MR) is 148 cm³/mol. The summed E-state index contributed by atoms with van der Waals surface area (Å²) >= 11 is 11.7. The highest BCUT2D eigenvalue weighted by Gasteiger charge is 2.32. The average molecular weight is 603 g/mol. The molecule has 0 radical (unpaired) electrons. The second-order valence-electron chi connectivity index (χ2n) is 9.31. The van der Waals surface area contributed by atoms with Gasteiger partial charge in [-0.15, -0.1) is 0 Å². The van der Waals surface area contributed by atoms with E-state index in [1.807, 2.05) is 12.1 Å². The zero-order valence-electron chi connectivity index (χ0n) is 21.5. The topological polar surface area (TPSA) is 163 Å². The van der Waals surface area contributed by atoms with Crippen LogP contribution in [0, 0.1) is 20.2 Å². The van der Waals surface area contributed by atoms with Crippen molar-refractivity contribution in [3.8, 4) is 0 Å². The minimum atomic E-state index is -0.719. The molecule has 3 aromatic heterocycles. The minimum absolute atomic E-state index is 0.218. The van der Waals surface area contributed by atoms with Gasteiger partial charge >= 0.3 is 0 Å². The molecule has 0 saturated carbocycles. The van der Waals surface area contributed by atoms with Gasteiger partial charge in [0.2, 0.25) is 0 Å². The molecule has 0 amide bonds. The van der Waals surface area contributed by atoms with Gasteiger partial charge in [-0.05, 0) is 35.4 Å². The van der Waals surface area contributed by atoms with Crippen molar-refractivity contribution in [1.29, 1.82) is 0 Å². The summed E-state index contributed by atoms with van der Waals surface area (Å²) in [5.41, 5.74) is 1.68. The highest BCUT2D eigenvalue weighted by Crippen LogP contribution is 2.22. The quantitative estimate of drug-likeness (QED) is 0.190. The van der Waals surface area contributed by atoms with Crippen LogP contribution in [0.25, 0.3) is 0 Å². The van der Waals surface area contributed by atoms with Gasteiger partial charge in [0.05, 0.1) is 13.1 Å². The van der Waals surface area contributed by atoms with E-state index in [-0.39, 0.29) is 25.0 Å². The van der Waals surface area contributed by atoms with Crippen LogP contribution in [0.15, 0.2) is 63.4 Å². The van der Waals surface area contributed by atoms with Gasteiger partial charge in [-0.1, -0.05) is 35.3 Å².